The molecule has 1 aliphatic heterocycles. The van der Waals surface area contributed by atoms with Gasteiger partial charge in [-0.1, -0.05) is 137 Å². The largest absolute Gasteiger partial charge is 0.504 e. The number of aliphatic hydroxyl groups excluding tert-OH is 5. The summed E-state index contributed by atoms with van der Waals surface area (Å²) in [6.07, 6.45) is 4.38. The smallest absolute Gasteiger partial charge is 0.160 e. The Kier molecular flexibility index (Phi) is 57.3. The standard InChI is InChI=1S/C12H18O2.C9H18O5.C8H18O2.C7H16O2.2C7H16O.C5H12/c1-9(2)4-3-5-10-6-7-11(13)12(14)8-10;1-4(2)6-8(12)7(11)5(3-10)14-9(6)13;1-8(2)4-5-10-7-6-9-3;1-7(2)6-9-5-4-8-3;1-4-7(8)5-6(2)3;1-4-5-8-6-7(2)3;1-4-5(2)3/h6-9,13-14H,3-5H2,1-2H3;4-13H,3H2,1-2H3;8H,4-7H2,1-3H3;7H,4-6H2,1-3H3;6-8H,4-5H2,1-3H3;7H,4-6H2,1-3H3;5H,4H2,1-3H3. The molecule has 1 fully saturated rings. The predicted octanol–water partition coefficient (Wildman–Crippen LogP) is 10.7. The average Bonchev–Trinajstić information content (AvgIpc) is 3.25. The Morgan fingerprint density at radius 2 is 1.07 bits per heavy atom. The summed E-state index contributed by atoms with van der Waals surface area (Å²) in [4.78, 5) is 0. The highest BCUT2D eigenvalue weighted by Crippen LogP contribution is 2.30. The Morgan fingerprint density at radius 1 is 0.574 bits per heavy atom. The maximum Gasteiger partial charge on any atom is 0.160 e. The van der Waals surface area contributed by atoms with Gasteiger partial charge in [-0.3, -0.25) is 0 Å². The third kappa shape index (κ3) is 53.7. The summed E-state index contributed by atoms with van der Waals surface area (Å²) in [6.45, 7) is 42.0. The van der Waals surface area contributed by atoms with Crippen LogP contribution in [0.3, 0.4) is 0 Å². The molecule has 1 aromatic carbocycles. The van der Waals surface area contributed by atoms with Gasteiger partial charge in [0.15, 0.2) is 17.8 Å². The van der Waals surface area contributed by atoms with Crippen molar-refractivity contribution in [1.29, 1.82) is 0 Å². The van der Waals surface area contributed by atoms with Crippen LogP contribution in [0.25, 0.3) is 0 Å². The second-order valence-corrected chi connectivity index (χ2v) is 20.4. The third-order valence-corrected chi connectivity index (χ3v) is 9.99. The monoisotopic (exact) mass is 983 g/mol. The van der Waals surface area contributed by atoms with Crippen LogP contribution >= 0.6 is 0 Å². The van der Waals surface area contributed by atoms with Crippen LogP contribution in [0.15, 0.2) is 18.2 Å². The lowest BCUT2D eigenvalue weighted by molar-refractivity contribution is -0.277. The van der Waals surface area contributed by atoms with Crippen molar-refractivity contribution in [3.05, 3.63) is 23.8 Å². The van der Waals surface area contributed by atoms with E-state index in [9.17, 15) is 20.4 Å². The van der Waals surface area contributed by atoms with Gasteiger partial charge >= 0.3 is 0 Å². The Balaban J connectivity index is -0.000000232. The van der Waals surface area contributed by atoms with Crippen molar-refractivity contribution < 1.29 is 64.2 Å². The van der Waals surface area contributed by atoms with E-state index < -0.39 is 37.1 Å². The van der Waals surface area contributed by atoms with E-state index in [0.717, 1.165) is 94.9 Å². The normalized spacial score (nSPS) is 18.0. The van der Waals surface area contributed by atoms with Crippen LogP contribution in [0, 0.1) is 47.3 Å². The Labute approximate surface area is 419 Å². The van der Waals surface area contributed by atoms with Crippen LogP contribution in [0.5, 0.6) is 11.5 Å². The van der Waals surface area contributed by atoms with Crippen molar-refractivity contribution in [2.45, 2.75) is 200 Å². The van der Waals surface area contributed by atoms with Gasteiger partial charge in [0.2, 0.25) is 0 Å². The summed E-state index contributed by atoms with van der Waals surface area (Å²) in [7, 11) is 3.37. The lowest BCUT2D eigenvalue weighted by atomic mass is 9.83. The minimum Gasteiger partial charge on any atom is -0.504 e. The second kappa shape index (κ2) is 51.7. The number of phenols is 2. The topological polar surface area (TPSA) is 197 Å². The van der Waals surface area contributed by atoms with Crippen molar-refractivity contribution in [3.63, 3.8) is 0 Å². The van der Waals surface area contributed by atoms with Crippen molar-refractivity contribution >= 4 is 0 Å². The van der Waals surface area contributed by atoms with Gasteiger partial charge in [-0.05, 0) is 97.6 Å². The van der Waals surface area contributed by atoms with Crippen LogP contribution in [0.1, 0.15) is 168 Å². The fourth-order valence-electron chi connectivity index (χ4n) is 5.48. The number of hydrogen-bond donors (Lipinski definition) is 7. The molecule has 13 nitrogen and oxygen atoms in total. The van der Waals surface area contributed by atoms with Crippen molar-refractivity contribution in [3.8, 4) is 11.5 Å². The zero-order chi connectivity index (χ0) is 53.6. The minimum absolute atomic E-state index is 0.00528. The molecule has 0 radical (unpaired) electrons. The van der Waals surface area contributed by atoms with E-state index >= 15 is 0 Å². The van der Waals surface area contributed by atoms with Gasteiger partial charge in [0.05, 0.1) is 45.2 Å². The minimum atomic E-state index is -1.14. The van der Waals surface area contributed by atoms with Crippen LogP contribution < -0.4 is 0 Å². The molecule has 6 atom stereocenters. The Hall–Kier alpha value is -1.62. The van der Waals surface area contributed by atoms with Crippen molar-refractivity contribution in [2.24, 2.45) is 47.3 Å². The molecule has 13 heteroatoms. The van der Waals surface area contributed by atoms with Gasteiger partial charge in [-0.15, -0.1) is 0 Å². The van der Waals surface area contributed by atoms with Crippen LogP contribution in [-0.2, 0) is 34.8 Å². The van der Waals surface area contributed by atoms with E-state index in [1.165, 1.54) is 12.8 Å². The first-order chi connectivity index (χ1) is 31.8. The number of aromatic hydroxyl groups is 2. The summed E-state index contributed by atoms with van der Waals surface area (Å²) in [5.41, 5.74) is 1.08. The van der Waals surface area contributed by atoms with E-state index in [2.05, 4.69) is 96.9 Å². The van der Waals surface area contributed by atoms with E-state index in [4.69, 9.17) is 43.7 Å². The fourth-order valence-corrected chi connectivity index (χ4v) is 5.48. The maximum absolute atomic E-state index is 9.68. The van der Waals surface area contributed by atoms with Crippen LogP contribution in [0.2, 0.25) is 0 Å². The zero-order valence-corrected chi connectivity index (χ0v) is 47.3. The number of ether oxygens (including phenoxy) is 6. The summed E-state index contributed by atoms with van der Waals surface area (Å²) in [5.74, 6) is 3.69. The Morgan fingerprint density at radius 3 is 1.44 bits per heavy atom. The van der Waals surface area contributed by atoms with Gasteiger partial charge in [-0.2, -0.15) is 0 Å². The molecule has 68 heavy (non-hydrogen) atoms. The molecule has 0 aliphatic carbocycles. The molecule has 0 aromatic heterocycles. The molecule has 2 rings (SSSR count). The number of methoxy groups -OCH3 is 2. The van der Waals surface area contributed by atoms with Gasteiger partial charge in [-0.25, -0.2) is 0 Å². The number of phenolic OH excluding ortho intramolecular Hbond substituents is 2. The van der Waals surface area contributed by atoms with Gasteiger partial charge < -0.3 is 64.2 Å². The average molecular weight is 984 g/mol. The van der Waals surface area contributed by atoms with E-state index in [1.807, 2.05) is 26.8 Å². The summed E-state index contributed by atoms with van der Waals surface area (Å²) in [6, 6.07) is 5.03. The molecule has 0 bridgehead atoms. The molecule has 1 saturated heterocycles. The highest BCUT2D eigenvalue weighted by molar-refractivity contribution is 5.40. The lowest BCUT2D eigenvalue weighted by Gasteiger charge is -2.41. The van der Waals surface area contributed by atoms with Crippen molar-refractivity contribution in [2.75, 3.05) is 73.7 Å². The molecule has 0 spiro atoms. The summed E-state index contributed by atoms with van der Waals surface area (Å²) < 4.78 is 30.3. The molecule has 7 N–H and O–H groups in total. The molecule has 412 valence electrons. The lowest BCUT2D eigenvalue weighted by Crippen LogP contribution is -2.56. The number of hydrogen-bond acceptors (Lipinski definition) is 13. The van der Waals surface area contributed by atoms with Gasteiger partial charge in [0.25, 0.3) is 0 Å². The highest BCUT2D eigenvalue weighted by Gasteiger charge is 2.44. The molecule has 1 heterocycles. The molecular formula is C55H114O13. The molecule has 0 saturated carbocycles. The zero-order valence-electron chi connectivity index (χ0n) is 47.3. The summed E-state index contributed by atoms with van der Waals surface area (Å²) >= 11 is 0. The SMILES string of the molecule is CC(C)C1C(O)OC(CO)C(O)C1O.CC(C)CCCc1ccc(O)c(O)c1.CCC(C)C.CCC(O)CC(C)C.CCCOCC(C)C.COCCOCC(C)C.COCCOCCC(C)C. The van der Waals surface area contributed by atoms with E-state index in [1.54, 1.807) is 26.4 Å². The van der Waals surface area contributed by atoms with Crippen LogP contribution in [0.4, 0.5) is 0 Å². The summed E-state index contributed by atoms with van der Waals surface area (Å²) in [5, 5.41) is 64.9. The first kappa shape index (κ1) is 75.3. The number of aryl methyl sites for hydroxylation is 1. The maximum atomic E-state index is 9.68. The number of aliphatic hydroxyl groups is 5. The molecule has 6 unspecified atom stereocenters. The molecule has 1 aromatic rings. The van der Waals surface area contributed by atoms with Crippen molar-refractivity contribution in [1.82, 2.24) is 0 Å². The van der Waals surface area contributed by atoms with Gasteiger partial charge in [0, 0.05) is 46.6 Å². The predicted molar refractivity (Wildman–Crippen MR) is 282 cm³/mol. The molecular weight excluding hydrogens is 869 g/mol. The number of benzene rings is 1. The first-order valence-electron chi connectivity index (χ1n) is 26.0. The molecule has 1 aliphatic rings. The second-order valence-electron chi connectivity index (χ2n) is 20.4. The number of rotatable bonds is 25. The quantitative estimate of drug-likeness (QED) is 0.0361. The Bertz CT molecular complexity index is 1130. The highest BCUT2D eigenvalue weighted by atomic mass is 16.6. The van der Waals surface area contributed by atoms with E-state index in [-0.39, 0.29) is 23.5 Å². The fraction of sp³-hybridized carbons (Fsp3) is 0.891. The first-order valence-corrected chi connectivity index (χ1v) is 26.0. The van der Waals surface area contributed by atoms with E-state index in [0.29, 0.717) is 37.6 Å². The van der Waals surface area contributed by atoms with Gasteiger partial charge in [0.1, 0.15) is 12.2 Å². The molecule has 0 amide bonds. The third-order valence-electron chi connectivity index (χ3n) is 9.99. The van der Waals surface area contributed by atoms with Crippen LogP contribution in [-0.4, -0.2) is 140 Å².